The van der Waals surface area contributed by atoms with Gasteiger partial charge in [0.25, 0.3) is 0 Å². The number of aromatic nitrogens is 4. The van der Waals surface area contributed by atoms with Gasteiger partial charge in [0.1, 0.15) is 42.5 Å². The number of rotatable bonds is 10. The molecule has 5 atom stereocenters. The van der Waals surface area contributed by atoms with Crippen LogP contribution in [0.25, 0.3) is 11.2 Å². The van der Waals surface area contributed by atoms with E-state index in [0.717, 1.165) is 11.1 Å². The first kappa shape index (κ1) is 28.7. The summed E-state index contributed by atoms with van der Waals surface area (Å²) < 4.78 is 17.9. The van der Waals surface area contributed by atoms with E-state index in [0.29, 0.717) is 16.9 Å². The zero-order valence-electron chi connectivity index (χ0n) is 22.7. The molecule has 1 fully saturated rings. The lowest BCUT2D eigenvalue weighted by Gasteiger charge is -2.25. The summed E-state index contributed by atoms with van der Waals surface area (Å²) in [4.78, 5) is 38.6. The summed E-state index contributed by atoms with van der Waals surface area (Å²) in [6, 6.07) is 14.0. The standard InChI is InChI=1S/C28H31N7O7/c1-40-18-9-7-16(8-10-18)11-19(33-28(39)41-13-17-5-3-2-4-6-17)26(38)34-21-20(12-36)42-27(23(21)37)35-15-32-22-24(29)30-14-31-25(22)35/h2-10,14-15,19-21,23,27,36-37H,11-13H2,1H3,(H,33,39)(H,34,38)(H2,29,30,31)/t19-,20+,21+,23-,27+/m1/s1. The molecule has 2 aromatic heterocycles. The zero-order valence-corrected chi connectivity index (χ0v) is 22.7. The van der Waals surface area contributed by atoms with Gasteiger partial charge in [-0.2, -0.15) is 0 Å². The van der Waals surface area contributed by atoms with Crippen molar-refractivity contribution >= 4 is 29.0 Å². The van der Waals surface area contributed by atoms with Gasteiger partial charge in [-0.25, -0.2) is 19.7 Å². The van der Waals surface area contributed by atoms with Gasteiger partial charge in [-0.05, 0) is 23.3 Å². The van der Waals surface area contributed by atoms with Crippen molar-refractivity contribution in [3.8, 4) is 5.75 Å². The van der Waals surface area contributed by atoms with Crippen molar-refractivity contribution in [2.45, 2.75) is 43.5 Å². The molecule has 0 radical (unpaired) electrons. The third-order valence-corrected chi connectivity index (χ3v) is 6.95. The maximum atomic E-state index is 13.6. The molecule has 0 saturated carbocycles. The van der Waals surface area contributed by atoms with E-state index in [4.69, 9.17) is 19.9 Å². The molecule has 14 heteroatoms. The van der Waals surface area contributed by atoms with E-state index in [2.05, 4.69) is 25.6 Å². The number of aliphatic hydroxyl groups excluding tert-OH is 2. The second kappa shape index (κ2) is 12.8. The lowest BCUT2D eigenvalue weighted by molar-refractivity contribution is -0.124. The van der Waals surface area contributed by atoms with E-state index in [1.807, 2.05) is 30.3 Å². The third kappa shape index (κ3) is 6.25. The number of nitrogens with zero attached hydrogens (tertiary/aromatic N) is 4. The SMILES string of the molecule is COc1ccc(C[C@@H](NC(=O)OCc2ccccc2)C(=O)N[C@@H]2[C@@H](O)[C@@H](n3cnc4c(N)ncnc43)O[C@H]2CO)cc1. The van der Waals surface area contributed by atoms with Crippen LogP contribution in [0.5, 0.6) is 5.75 Å². The molecular weight excluding hydrogens is 546 g/mol. The number of nitrogens with one attached hydrogen (secondary N) is 2. The number of hydrogen-bond donors (Lipinski definition) is 5. The van der Waals surface area contributed by atoms with Gasteiger partial charge in [0.15, 0.2) is 17.7 Å². The molecule has 1 saturated heterocycles. The molecular formula is C28H31N7O7. The Morgan fingerprint density at radius 2 is 1.86 bits per heavy atom. The van der Waals surface area contributed by atoms with Gasteiger partial charge < -0.3 is 40.8 Å². The third-order valence-electron chi connectivity index (χ3n) is 6.95. The fourth-order valence-corrected chi connectivity index (χ4v) is 4.74. The van der Waals surface area contributed by atoms with Crippen LogP contribution in [-0.4, -0.2) is 79.7 Å². The summed E-state index contributed by atoms with van der Waals surface area (Å²) in [5, 5.41) is 26.6. The van der Waals surface area contributed by atoms with E-state index in [1.165, 1.54) is 17.2 Å². The Kier molecular flexibility index (Phi) is 8.76. The zero-order chi connectivity index (χ0) is 29.6. The van der Waals surface area contributed by atoms with Crippen LogP contribution in [0, 0.1) is 0 Å². The number of nitrogen functional groups attached to an aromatic ring is 1. The Balaban J connectivity index is 1.32. The van der Waals surface area contributed by atoms with Crippen molar-refractivity contribution in [1.29, 1.82) is 0 Å². The normalized spacial score (nSPS) is 20.6. The molecule has 42 heavy (non-hydrogen) atoms. The van der Waals surface area contributed by atoms with E-state index in [-0.39, 0.29) is 18.8 Å². The molecule has 14 nitrogen and oxygen atoms in total. The van der Waals surface area contributed by atoms with E-state index in [1.54, 1.807) is 31.4 Å². The maximum absolute atomic E-state index is 13.6. The Morgan fingerprint density at radius 1 is 1.10 bits per heavy atom. The first-order valence-corrected chi connectivity index (χ1v) is 13.2. The molecule has 2 aromatic carbocycles. The van der Waals surface area contributed by atoms with Crippen LogP contribution in [-0.2, 0) is 27.3 Å². The predicted octanol–water partition coefficient (Wildman–Crippen LogP) is 0.690. The number of methoxy groups -OCH3 is 1. The number of amides is 2. The van der Waals surface area contributed by atoms with Crippen LogP contribution in [0.4, 0.5) is 10.6 Å². The Morgan fingerprint density at radius 3 is 2.57 bits per heavy atom. The molecule has 0 aliphatic carbocycles. The van der Waals surface area contributed by atoms with Crippen molar-refractivity contribution in [1.82, 2.24) is 30.2 Å². The Labute approximate surface area is 240 Å². The summed E-state index contributed by atoms with van der Waals surface area (Å²) in [5.74, 6) is 0.176. The van der Waals surface area contributed by atoms with Crippen LogP contribution in [0.15, 0.2) is 67.3 Å². The van der Waals surface area contributed by atoms with Gasteiger partial charge in [0.2, 0.25) is 5.91 Å². The number of benzene rings is 2. The van der Waals surface area contributed by atoms with Crippen molar-refractivity contribution < 1.29 is 34.0 Å². The summed E-state index contributed by atoms with van der Waals surface area (Å²) in [6.45, 7) is -0.488. The number of carbonyl (C=O) groups is 2. The van der Waals surface area contributed by atoms with Crippen LogP contribution < -0.4 is 21.1 Å². The molecule has 0 unspecified atom stereocenters. The number of ether oxygens (including phenoxy) is 3. The summed E-state index contributed by atoms with van der Waals surface area (Å²) >= 11 is 0. The molecule has 0 spiro atoms. The second-order valence-electron chi connectivity index (χ2n) is 9.67. The van der Waals surface area contributed by atoms with Crippen molar-refractivity contribution in [3.05, 3.63) is 78.4 Å². The fourth-order valence-electron chi connectivity index (χ4n) is 4.74. The van der Waals surface area contributed by atoms with Crippen LogP contribution >= 0.6 is 0 Å². The topological polar surface area (TPSA) is 196 Å². The lowest BCUT2D eigenvalue weighted by Crippen LogP contribution is -2.55. The van der Waals surface area contributed by atoms with Crippen LogP contribution in [0.2, 0.25) is 0 Å². The van der Waals surface area contributed by atoms with Gasteiger partial charge in [-0.3, -0.25) is 9.36 Å². The van der Waals surface area contributed by atoms with E-state index >= 15 is 0 Å². The summed E-state index contributed by atoms with van der Waals surface area (Å²) in [7, 11) is 1.55. The molecule has 6 N–H and O–H groups in total. The quantitative estimate of drug-likeness (QED) is 0.178. The highest BCUT2D eigenvalue weighted by atomic mass is 16.6. The van der Waals surface area contributed by atoms with E-state index in [9.17, 15) is 19.8 Å². The molecule has 3 heterocycles. The number of fused-ring (bicyclic) bond motifs is 1. The van der Waals surface area contributed by atoms with Crippen LogP contribution in [0.1, 0.15) is 17.4 Å². The fraction of sp³-hybridized carbons (Fsp3) is 0.321. The monoisotopic (exact) mass is 577 g/mol. The van der Waals surface area contributed by atoms with Crippen LogP contribution in [0.3, 0.4) is 0 Å². The minimum absolute atomic E-state index is 0.0138. The minimum atomic E-state index is -1.31. The number of hydrogen-bond acceptors (Lipinski definition) is 11. The number of anilines is 1. The molecule has 5 rings (SSSR count). The van der Waals surface area contributed by atoms with Gasteiger partial charge in [-0.15, -0.1) is 0 Å². The number of nitrogens with two attached hydrogens (primary N) is 1. The van der Waals surface area contributed by atoms with Gasteiger partial charge in [0, 0.05) is 6.42 Å². The van der Waals surface area contributed by atoms with Gasteiger partial charge in [0.05, 0.1) is 26.1 Å². The van der Waals surface area contributed by atoms with Gasteiger partial charge in [-0.1, -0.05) is 42.5 Å². The highest BCUT2D eigenvalue weighted by Gasteiger charge is 2.46. The summed E-state index contributed by atoms with van der Waals surface area (Å²) in [5.41, 5.74) is 8.03. The van der Waals surface area contributed by atoms with Crippen molar-refractivity contribution in [2.24, 2.45) is 0 Å². The average Bonchev–Trinajstić information content (AvgIpc) is 3.58. The number of aliphatic hydroxyl groups is 2. The molecule has 0 bridgehead atoms. The molecule has 1 aliphatic rings. The predicted molar refractivity (Wildman–Crippen MR) is 149 cm³/mol. The largest absolute Gasteiger partial charge is 0.497 e. The maximum Gasteiger partial charge on any atom is 0.408 e. The minimum Gasteiger partial charge on any atom is -0.497 e. The summed E-state index contributed by atoms with van der Waals surface area (Å²) in [6.07, 6.45) is -1.38. The van der Waals surface area contributed by atoms with Gasteiger partial charge >= 0.3 is 6.09 Å². The van der Waals surface area contributed by atoms with E-state index < -0.39 is 49.1 Å². The smallest absolute Gasteiger partial charge is 0.408 e. The first-order valence-electron chi connectivity index (χ1n) is 13.2. The molecule has 4 aromatic rings. The Bertz CT molecular complexity index is 1520. The first-order chi connectivity index (χ1) is 20.4. The molecule has 220 valence electrons. The average molecular weight is 578 g/mol. The Hall–Kier alpha value is -4.79. The lowest BCUT2D eigenvalue weighted by atomic mass is 10.0. The highest BCUT2D eigenvalue weighted by Crippen LogP contribution is 2.32. The molecule has 1 aliphatic heterocycles. The van der Waals surface area contributed by atoms with Crippen molar-refractivity contribution in [2.75, 3.05) is 19.5 Å². The second-order valence-corrected chi connectivity index (χ2v) is 9.67. The number of carbonyl (C=O) groups excluding carboxylic acids is 2. The number of alkyl carbamates (subject to hydrolysis) is 1. The number of imidazole rings is 1. The highest BCUT2D eigenvalue weighted by molar-refractivity contribution is 5.86. The van der Waals surface area contributed by atoms with Crippen molar-refractivity contribution in [3.63, 3.8) is 0 Å². The molecule has 2 amide bonds.